The maximum atomic E-state index is 5.08. The Labute approximate surface area is 86.8 Å². The van der Waals surface area contributed by atoms with Gasteiger partial charge >= 0.3 is 0 Å². The van der Waals surface area contributed by atoms with Crippen LogP contribution in [0.1, 0.15) is 20.3 Å². The van der Waals surface area contributed by atoms with Crippen molar-refractivity contribution in [3.63, 3.8) is 0 Å². The highest BCUT2D eigenvalue weighted by atomic mass is 32.2. The molecule has 80 valence electrons. The molecule has 0 aromatic rings. The number of thioether (sulfide) groups is 1. The van der Waals surface area contributed by atoms with Gasteiger partial charge in [0.25, 0.3) is 0 Å². The van der Waals surface area contributed by atoms with E-state index in [-0.39, 0.29) is 0 Å². The molecular formula is C10H23NOS. The van der Waals surface area contributed by atoms with Gasteiger partial charge in [-0.25, -0.2) is 0 Å². The summed E-state index contributed by atoms with van der Waals surface area (Å²) < 4.78 is 5.08. The third kappa shape index (κ3) is 6.36. The van der Waals surface area contributed by atoms with Crippen LogP contribution in [0.2, 0.25) is 0 Å². The molecule has 0 radical (unpaired) electrons. The Kier molecular flexibility index (Phi) is 9.03. The van der Waals surface area contributed by atoms with E-state index in [1.807, 2.05) is 18.8 Å². The molecule has 0 heterocycles. The van der Waals surface area contributed by atoms with Crippen LogP contribution in [0.25, 0.3) is 0 Å². The minimum absolute atomic E-state index is 0.625. The molecule has 0 saturated carbocycles. The topological polar surface area (TPSA) is 21.3 Å². The third-order valence-corrected chi connectivity index (χ3v) is 3.34. The molecule has 3 heteroatoms. The van der Waals surface area contributed by atoms with Crippen molar-refractivity contribution in [3.05, 3.63) is 0 Å². The summed E-state index contributed by atoms with van der Waals surface area (Å²) in [6, 6.07) is 0.625. The van der Waals surface area contributed by atoms with Crippen molar-refractivity contribution >= 4 is 11.8 Å². The summed E-state index contributed by atoms with van der Waals surface area (Å²) in [5.74, 6) is 3.11. The number of methoxy groups -OCH3 is 1. The first kappa shape index (κ1) is 13.3. The second-order valence-corrected chi connectivity index (χ2v) is 4.63. The molecule has 0 amide bonds. The molecular weight excluding hydrogens is 182 g/mol. The first-order valence-electron chi connectivity index (χ1n) is 5.00. The largest absolute Gasteiger partial charge is 0.385 e. The smallest absolute Gasteiger partial charge is 0.0465 e. The van der Waals surface area contributed by atoms with Gasteiger partial charge in [0.2, 0.25) is 0 Å². The monoisotopic (exact) mass is 205 g/mol. The number of nitrogens with one attached hydrogen (secondary N) is 1. The molecule has 2 atom stereocenters. The zero-order valence-electron chi connectivity index (χ0n) is 9.30. The number of ether oxygens (including phenoxy) is 1. The molecule has 0 aromatic carbocycles. The average Bonchev–Trinajstić information content (AvgIpc) is 2.16. The van der Waals surface area contributed by atoms with E-state index in [1.54, 1.807) is 7.11 Å². The van der Waals surface area contributed by atoms with Crippen LogP contribution in [0.15, 0.2) is 0 Å². The fourth-order valence-electron chi connectivity index (χ4n) is 1.28. The van der Waals surface area contributed by atoms with Crippen LogP contribution in [0.5, 0.6) is 0 Å². The van der Waals surface area contributed by atoms with E-state index in [9.17, 15) is 0 Å². The highest BCUT2D eigenvalue weighted by molar-refractivity contribution is 7.99. The summed E-state index contributed by atoms with van der Waals surface area (Å²) in [5, 5.41) is 3.37. The van der Waals surface area contributed by atoms with Gasteiger partial charge in [0.15, 0.2) is 0 Å². The average molecular weight is 205 g/mol. The van der Waals surface area contributed by atoms with E-state index in [2.05, 4.69) is 19.2 Å². The molecule has 2 nitrogen and oxygen atoms in total. The molecule has 0 bridgehead atoms. The fourth-order valence-corrected chi connectivity index (χ4v) is 2.27. The van der Waals surface area contributed by atoms with Crippen molar-refractivity contribution in [2.24, 2.45) is 5.92 Å². The highest BCUT2D eigenvalue weighted by Crippen LogP contribution is 2.13. The van der Waals surface area contributed by atoms with Crippen molar-refractivity contribution in [1.82, 2.24) is 5.32 Å². The standard InChI is InChI=1S/C10H23NOS/c1-5-13-8-10(11-3)9(2)6-7-12-4/h9-11H,5-8H2,1-4H3. The molecule has 13 heavy (non-hydrogen) atoms. The molecule has 0 fully saturated rings. The second kappa shape index (κ2) is 8.85. The molecule has 0 saturated heterocycles. The van der Waals surface area contributed by atoms with E-state index in [0.29, 0.717) is 12.0 Å². The minimum atomic E-state index is 0.625. The second-order valence-electron chi connectivity index (χ2n) is 3.31. The summed E-state index contributed by atoms with van der Waals surface area (Å²) in [6.45, 7) is 5.36. The molecule has 0 aliphatic rings. The zero-order chi connectivity index (χ0) is 10.1. The van der Waals surface area contributed by atoms with Crippen molar-refractivity contribution in [1.29, 1.82) is 0 Å². The summed E-state index contributed by atoms with van der Waals surface area (Å²) in [5.41, 5.74) is 0. The van der Waals surface area contributed by atoms with Crippen LogP contribution < -0.4 is 5.32 Å². The zero-order valence-corrected chi connectivity index (χ0v) is 10.1. The normalized spacial score (nSPS) is 15.7. The van der Waals surface area contributed by atoms with E-state index in [1.165, 1.54) is 11.5 Å². The van der Waals surface area contributed by atoms with Gasteiger partial charge in [-0.15, -0.1) is 0 Å². The lowest BCUT2D eigenvalue weighted by Crippen LogP contribution is -2.35. The number of rotatable bonds is 8. The van der Waals surface area contributed by atoms with Crippen LogP contribution in [0.4, 0.5) is 0 Å². The van der Waals surface area contributed by atoms with Crippen LogP contribution in [0.3, 0.4) is 0 Å². The molecule has 1 N–H and O–H groups in total. The first-order chi connectivity index (χ1) is 6.26. The van der Waals surface area contributed by atoms with Crippen LogP contribution in [0, 0.1) is 5.92 Å². The molecule has 0 rings (SSSR count). The Bertz CT molecular complexity index is 111. The summed E-state index contributed by atoms with van der Waals surface area (Å²) in [7, 11) is 3.81. The Hall–Kier alpha value is 0.270. The lowest BCUT2D eigenvalue weighted by molar-refractivity contribution is 0.173. The maximum absolute atomic E-state index is 5.08. The third-order valence-electron chi connectivity index (χ3n) is 2.34. The predicted octanol–water partition coefficient (Wildman–Crippen LogP) is 2.00. The fraction of sp³-hybridized carbons (Fsp3) is 1.00. The van der Waals surface area contributed by atoms with Gasteiger partial charge in [0, 0.05) is 25.5 Å². The van der Waals surface area contributed by atoms with Crippen LogP contribution in [-0.4, -0.2) is 38.3 Å². The Balaban J connectivity index is 3.63. The van der Waals surface area contributed by atoms with E-state index < -0.39 is 0 Å². The van der Waals surface area contributed by atoms with E-state index >= 15 is 0 Å². The summed E-state index contributed by atoms with van der Waals surface area (Å²) in [6.07, 6.45) is 1.15. The highest BCUT2D eigenvalue weighted by Gasteiger charge is 2.14. The van der Waals surface area contributed by atoms with Crippen molar-refractivity contribution in [2.75, 3.05) is 32.3 Å². The number of hydrogen-bond acceptors (Lipinski definition) is 3. The molecule has 0 aliphatic carbocycles. The van der Waals surface area contributed by atoms with Gasteiger partial charge in [0.1, 0.15) is 0 Å². The van der Waals surface area contributed by atoms with Gasteiger partial charge in [0.05, 0.1) is 0 Å². The molecule has 2 unspecified atom stereocenters. The quantitative estimate of drug-likeness (QED) is 0.655. The van der Waals surface area contributed by atoms with E-state index in [0.717, 1.165) is 13.0 Å². The van der Waals surface area contributed by atoms with Crippen molar-refractivity contribution in [3.8, 4) is 0 Å². The van der Waals surface area contributed by atoms with Gasteiger partial charge in [-0.1, -0.05) is 13.8 Å². The summed E-state index contributed by atoms with van der Waals surface area (Å²) in [4.78, 5) is 0. The Morgan fingerprint density at radius 3 is 2.62 bits per heavy atom. The maximum Gasteiger partial charge on any atom is 0.0465 e. The minimum Gasteiger partial charge on any atom is -0.385 e. The Morgan fingerprint density at radius 1 is 1.46 bits per heavy atom. The lowest BCUT2D eigenvalue weighted by Gasteiger charge is -2.22. The molecule has 0 aliphatic heterocycles. The Morgan fingerprint density at radius 2 is 2.15 bits per heavy atom. The van der Waals surface area contributed by atoms with Crippen molar-refractivity contribution < 1.29 is 4.74 Å². The lowest BCUT2D eigenvalue weighted by atomic mass is 10.0. The van der Waals surface area contributed by atoms with Crippen LogP contribution >= 0.6 is 11.8 Å². The van der Waals surface area contributed by atoms with Gasteiger partial charge in [-0.2, -0.15) is 11.8 Å². The predicted molar refractivity (Wildman–Crippen MR) is 61.5 cm³/mol. The summed E-state index contributed by atoms with van der Waals surface area (Å²) >= 11 is 2.00. The van der Waals surface area contributed by atoms with Gasteiger partial charge in [-0.3, -0.25) is 0 Å². The first-order valence-corrected chi connectivity index (χ1v) is 6.15. The van der Waals surface area contributed by atoms with Crippen molar-refractivity contribution in [2.45, 2.75) is 26.3 Å². The van der Waals surface area contributed by atoms with Crippen LogP contribution in [-0.2, 0) is 4.74 Å². The molecule has 0 spiro atoms. The SMILES string of the molecule is CCSCC(NC)C(C)CCOC. The van der Waals surface area contributed by atoms with Gasteiger partial charge in [-0.05, 0) is 25.1 Å². The van der Waals surface area contributed by atoms with Gasteiger partial charge < -0.3 is 10.1 Å². The van der Waals surface area contributed by atoms with E-state index in [4.69, 9.17) is 4.74 Å². The molecule has 0 aromatic heterocycles. The number of hydrogen-bond donors (Lipinski definition) is 1.